The zero-order valence-corrected chi connectivity index (χ0v) is 23.4. The molecule has 38 heavy (non-hydrogen) atoms. The van der Waals surface area contributed by atoms with Crippen molar-refractivity contribution in [3.63, 3.8) is 0 Å². The van der Waals surface area contributed by atoms with Crippen LogP contribution in [0.2, 0.25) is 0 Å². The minimum absolute atomic E-state index is 0.0420. The van der Waals surface area contributed by atoms with E-state index in [1.165, 1.54) is 17.0 Å². The molecular weight excluding hydrogens is 486 g/mol. The molecule has 0 radical (unpaired) electrons. The van der Waals surface area contributed by atoms with Crippen LogP contribution in [0.5, 0.6) is 11.5 Å². The molecule has 9 heteroatoms. The normalized spacial score (nSPS) is 12.8. The number of hydrogen-bond acceptors (Lipinski definition) is 6. The number of methoxy groups -OCH3 is 1. The first-order chi connectivity index (χ1) is 17.8. The van der Waals surface area contributed by atoms with Crippen molar-refractivity contribution in [2.75, 3.05) is 19.0 Å². The van der Waals surface area contributed by atoms with Crippen LogP contribution < -0.4 is 15.4 Å². The average molecular weight is 528 g/mol. The lowest BCUT2D eigenvalue weighted by Crippen LogP contribution is -2.50. The Labute approximate surface area is 225 Å². The number of carbonyl (C=O) groups excluding carboxylic acids is 3. The number of aromatic hydroxyl groups is 1. The molecule has 0 saturated carbocycles. The van der Waals surface area contributed by atoms with Gasteiger partial charge < -0.3 is 30.1 Å². The molecule has 0 bridgehead atoms. The van der Waals surface area contributed by atoms with Crippen LogP contribution in [0.4, 0.5) is 10.5 Å². The minimum Gasteiger partial charge on any atom is -0.508 e. The second kappa shape index (κ2) is 13.7. The van der Waals surface area contributed by atoms with E-state index in [0.29, 0.717) is 29.3 Å². The molecule has 9 nitrogen and oxygen atoms in total. The van der Waals surface area contributed by atoms with Crippen molar-refractivity contribution in [1.82, 2.24) is 10.2 Å². The molecule has 2 atom stereocenters. The van der Waals surface area contributed by atoms with E-state index >= 15 is 0 Å². The number of nitrogens with one attached hydrogen (secondary N) is 2. The summed E-state index contributed by atoms with van der Waals surface area (Å²) in [5.74, 6) is 0.221. The molecule has 208 valence electrons. The molecule has 3 amide bonds. The molecular formula is C29H41N3O6. The zero-order valence-electron chi connectivity index (χ0n) is 23.4. The predicted octanol–water partition coefficient (Wildman–Crippen LogP) is 5.26. The fourth-order valence-electron chi connectivity index (χ4n) is 3.89. The quantitative estimate of drug-likeness (QED) is 0.367. The summed E-state index contributed by atoms with van der Waals surface area (Å²) < 4.78 is 10.5. The Hall–Kier alpha value is -3.75. The van der Waals surface area contributed by atoms with E-state index in [1.807, 2.05) is 6.92 Å². The summed E-state index contributed by atoms with van der Waals surface area (Å²) in [5, 5.41) is 15.3. The number of ether oxygens (including phenoxy) is 2. The van der Waals surface area contributed by atoms with Crippen LogP contribution >= 0.6 is 0 Å². The molecule has 2 rings (SSSR count). The van der Waals surface area contributed by atoms with Gasteiger partial charge in [0.05, 0.1) is 7.11 Å². The van der Waals surface area contributed by atoms with Crippen molar-refractivity contribution >= 4 is 23.6 Å². The van der Waals surface area contributed by atoms with Gasteiger partial charge in [0.2, 0.25) is 5.91 Å². The molecule has 0 aliphatic rings. The van der Waals surface area contributed by atoms with Crippen LogP contribution in [0.3, 0.4) is 0 Å². The van der Waals surface area contributed by atoms with Crippen LogP contribution in [-0.4, -0.2) is 53.2 Å². The third kappa shape index (κ3) is 9.61. The molecule has 2 aromatic carbocycles. The predicted molar refractivity (Wildman–Crippen MR) is 147 cm³/mol. The lowest BCUT2D eigenvalue weighted by molar-refractivity contribution is -0.140. The summed E-state index contributed by atoms with van der Waals surface area (Å²) in [4.78, 5) is 41.1. The number of phenols is 1. The van der Waals surface area contributed by atoms with Gasteiger partial charge in [0.1, 0.15) is 29.7 Å². The van der Waals surface area contributed by atoms with Gasteiger partial charge in [0.25, 0.3) is 5.91 Å². The van der Waals surface area contributed by atoms with Crippen LogP contribution in [0.15, 0.2) is 48.5 Å². The number of anilines is 1. The Balaban J connectivity index is 2.42. The fraction of sp³-hybridized carbons (Fsp3) is 0.483. The molecule has 0 aliphatic carbocycles. The molecule has 2 unspecified atom stereocenters. The maximum absolute atomic E-state index is 13.8. The van der Waals surface area contributed by atoms with E-state index in [1.54, 1.807) is 64.3 Å². The van der Waals surface area contributed by atoms with Gasteiger partial charge in [-0.15, -0.1) is 0 Å². The largest absolute Gasteiger partial charge is 0.508 e. The number of hydrogen-bond donors (Lipinski definition) is 3. The lowest BCUT2D eigenvalue weighted by atomic mass is 9.98. The highest BCUT2D eigenvalue weighted by atomic mass is 16.6. The topological polar surface area (TPSA) is 117 Å². The maximum Gasteiger partial charge on any atom is 0.408 e. The number of rotatable bonds is 11. The van der Waals surface area contributed by atoms with Crippen LogP contribution in [0, 0.1) is 5.92 Å². The Kier molecular flexibility index (Phi) is 11.0. The average Bonchev–Trinajstić information content (AvgIpc) is 2.84. The zero-order chi connectivity index (χ0) is 28.5. The number of nitrogens with zero attached hydrogens (tertiary/aromatic N) is 1. The number of phenolic OH excluding ortho intramolecular Hbond substituents is 1. The standard InChI is InChI=1S/C29H41N3O6/c1-19(2)8-9-20(3)32(25(34)18-30-28(36)38-29(4,5)6)26(21-10-14-23(33)15-11-21)27(35)31-22-12-16-24(37-7)17-13-22/h10-17,19-20,26,33H,8-9,18H2,1-7H3,(H,30,36)(H,31,35). The first-order valence-corrected chi connectivity index (χ1v) is 12.8. The minimum atomic E-state index is -1.02. The van der Waals surface area contributed by atoms with Gasteiger partial charge in [0, 0.05) is 11.7 Å². The number of amides is 3. The summed E-state index contributed by atoms with van der Waals surface area (Å²) in [5.41, 5.74) is 0.342. The first kappa shape index (κ1) is 30.5. The van der Waals surface area contributed by atoms with Crippen molar-refractivity contribution in [3.8, 4) is 11.5 Å². The van der Waals surface area contributed by atoms with E-state index in [4.69, 9.17) is 9.47 Å². The first-order valence-electron chi connectivity index (χ1n) is 12.8. The van der Waals surface area contributed by atoms with E-state index in [0.717, 1.165) is 6.42 Å². The van der Waals surface area contributed by atoms with Crippen molar-refractivity contribution < 1.29 is 29.0 Å². The molecule has 0 fully saturated rings. The lowest BCUT2D eigenvalue weighted by Gasteiger charge is -2.36. The SMILES string of the molecule is COc1ccc(NC(=O)C(c2ccc(O)cc2)N(C(=O)CNC(=O)OC(C)(C)C)C(C)CCC(C)C)cc1. The van der Waals surface area contributed by atoms with Gasteiger partial charge in [-0.2, -0.15) is 0 Å². The summed E-state index contributed by atoms with van der Waals surface area (Å²) in [6.07, 6.45) is 0.775. The third-order valence-electron chi connectivity index (χ3n) is 5.80. The molecule has 0 heterocycles. The van der Waals surface area contributed by atoms with Gasteiger partial charge in [-0.3, -0.25) is 9.59 Å². The maximum atomic E-state index is 13.8. The highest BCUT2D eigenvalue weighted by Crippen LogP contribution is 2.29. The van der Waals surface area contributed by atoms with Crippen molar-refractivity contribution in [3.05, 3.63) is 54.1 Å². The number of benzene rings is 2. The summed E-state index contributed by atoms with van der Waals surface area (Å²) in [7, 11) is 1.56. The molecule has 3 N–H and O–H groups in total. The number of carbonyl (C=O) groups is 3. The monoisotopic (exact) mass is 527 g/mol. The van der Waals surface area contributed by atoms with E-state index < -0.39 is 29.6 Å². The Bertz CT molecular complexity index is 1060. The molecule has 0 spiro atoms. The summed E-state index contributed by atoms with van der Waals surface area (Å²) >= 11 is 0. The van der Waals surface area contributed by atoms with Crippen molar-refractivity contribution in [2.45, 2.75) is 72.1 Å². The third-order valence-corrected chi connectivity index (χ3v) is 5.80. The smallest absolute Gasteiger partial charge is 0.408 e. The van der Waals surface area contributed by atoms with Gasteiger partial charge in [0.15, 0.2) is 0 Å². The number of alkyl carbamates (subject to hydrolysis) is 1. The van der Waals surface area contributed by atoms with Crippen LogP contribution in [-0.2, 0) is 14.3 Å². The van der Waals surface area contributed by atoms with Crippen LogP contribution in [0.1, 0.15) is 66.0 Å². The van der Waals surface area contributed by atoms with Crippen LogP contribution in [0.25, 0.3) is 0 Å². The van der Waals surface area contributed by atoms with E-state index in [2.05, 4.69) is 24.5 Å². The van der Waals surface area contributed by atoms with E-state index in [-0.39, 0.29) is 18.3 Å². The van der Waals surface area contributed by atoms with Gasteiger partial charge in [-0.1, -0.05) is 26.0 Å². The Morgan fingerprint density at radius 1 is 0.947 bits per heavy atom. The second-order valence-corrected chi connectivity index (χ2v) is 10.7. The van der Waals surface area contributed by atoms with Gasteiger partial charge >= 0.3 is 6.09 Å². The van der Waals surface area contributed by atoms with Gasteiger partial charge in [-0.05, 0) is 88.4 Å². The summed E-state index contributed by atoms with van der Waals surface area (Å²) in [6, 6.07) is 11.7. The molecule has 2 aromatic rings. The van der Waals surface area contributed by atoms with E-state index in [9.17, 15) is 19.5 Å². The highest BCUT2D eigenvalue weighted by Gasteiger charge is 2.35. The van der Waals surface area contributed by atoms with Crippen molar-refractivity contribution in [1.29, 1.82) is 0 Å². The highest BCUT2D eigenvalue weighted by molar-refractivity contribution is 5.98. The summed E-state index contributed by atoms with van der Waals surface area (Å²) in [6.45, 7) is 10.9. The Morgan fingerprint density at radius 2 is 1.55 bits per heavy atom. The van der Waals surface area contributed by atoms with Crippen molar-refractivity contribution in [2.24, 2.45) is 5.92 Å². The molecule has 0 saturated heterocycles. The fourth-order valence-corrected chi connectivity index (χ4v) is 3.89. The molecule has 0 aliphatic heterocycles. The molecule has 0 aromatic heterocycles. The second-order valence-electron chi connectivity index (χ2n) is 10.7. The van der Waals surface area contributed by atoms with Gasteiger partial charge in [-0.25, -0.2) is 4.79 Å². The Morgan fingerprint density at radius 3 is 2.08 bits per heavy atom.